The van der Waals surface area contributed by atoms with E-state index in [9.17, 15) is 4.79 Å². The standard InChI is InChI=1S/C34H43N3O2/c1-3-27(2)29-19-21-30(22-20-29)39-26-12-25-37-32-16-10-9-15-31(32)36-33(37)17-8-5-11-24-35-34(38)23-18-28-13-6-4-7-14-28/h4,6-7,9-10,13-16,19-22,27H,3,5,8,11-12,17-18,23-26H2,1-2H3,(H,35,38). The number of amides is 1. The first kappa shape index (κ1) is 28.4. The largest absolute Gasteiger partial charge is 0.494 e. The van der Waals surface area contributed by atoms with E-state index in [1.807, 2.05) is 18.2 Å². The molecule has 0 bridgehead atoms. The number of aryl methyl sites for hydroxylation is 3. The first-order valence-corrected chi connectivity index (χ1v) is 14.6. The van der Waals surface area contributed by atoms with Gasteiger partial charge < -0.3 is 14.6 Å². The zero-order chi connectivity index (χ0) is 27.3. The lowest BCUT2D eigenvalue weighted by Gasteiger charge is -2.12. The van der Waals surface area contributed by atoms with Gasteiger partial charge in [0.2, 0.25) is 5.91 Å². The number of hydrogen-bond acceptors (Lipinski definition) is 3. The molecule has 1 aromatic heterocycles. The van der Waals surface area contributed by atoms with Crippen molar-refractivity contribution in [3.63, 3.8) is 0 Å². The second-order valence-electron chi connectivity index (χ2n) is 10.4. The van der Waals surface area contributed by atoms with E-state index in [2.05, 4.69) is 84.4 Å². The number of unbranched alkanes of at least 4 members (excludes halogenated alkanes) is 2. The molecule has 1 amide bonds. The van der Waals surface area contributed by atoms with Crippen LogP contribution in [-0.2, 0) is 24.2 Å². The molecule has 39 heavy (non-hydrogen) atoms. The molecular formula is C34H43N3O2. The van der Waals surface area contributed by atoms with Gasteiger partial charge in [0, 0.05) is 25.9 Å². The monoisotopic (exact) mass is 525 g/mol. The summed E-state index contributed by atoms with van der Waals surface area (Å²) >= 11 is 0. The Morgan fingerprint density at radius 2 is 1.67 bits per heavy atom. The fraction of sp³-hybridized carbons (Fsp3) is 0.412. The second-order valence-corrected chi connectivity index (χ2v) is 10.4. The molecule has 5 nitrogen and oxygen atoms in total. The molecule has 0 aliphatic rings. The van der Waals surface area contributed by atoms with Crippen molar-refractivity contribution < 1.29 is 9.53 Å². The Balaban J connectivity index is 1.19. The zero-order valence-electron chi connectivity index (χ0n) is 23.6. The van der Waals surface area contributed by atoms with Crippen molar-refractivity contribution in [1.82, 2.24) is 14.9 Å². The highest BCUT2D eigenvalue weighted by molar-refractivity contribution is 5.76. The minimum absolute atomic E-state index is 0.134. The molecule has 0 fully saturated rings. The highest BCUT2D eigenvalue weighted by Gasteiger charge is 2.11. The van der Waals surface area contributed by atoms with Crippen LogP contribution < -0.4 is 10.1 Å². The number of para-hydroxylation sites is 2. The fourth-order valence-electron chi connectivity index (χ4n) is 4.91. The predicted molar refractivity (Wildman–Crippen MR) is 160 cm³/mol. The number of fused-ring (bicyclic) bond motifs is 1. The third-order valence-electron chi connectivity index (χ3n) is 7.47. The van der Waals surface area contributed by atoms with Gasteiger partial charge in [0.1, 0.15) is 11.6 Å². The molecule has 4 rings (SSSR count). The van der Waals surface area contributed by atoms with Gasteiger partial charge in [-0.1, -0.05) is 74.9 Å². The molecule has 1 N–H and O–H groups in total. The summed E-state index contributed by atoms with van der Waals surface area (Å²) in [6.07, 6.45) is 7.46. The minimum atomic E-state index is 0.134. The number of imidazole rings is 1. The van der Waals surface area contributed by atoms with Crippen molar-refractivity contribution >= 4 is 16.9 Å². The number of nitrogens with zero attached hydrogens (tertiary/aromatic N) is 2. The first-order valence-electron chi connectivity index (χ1n) is 14.6. The molecule has 206 valence electrons. The fourth-order valence-corrected chi connectivity index (χ4v) is 4.91. The maximum Gasteiger partial charge on any atom is 0.220 e. The number of carbonyl (C=O) groups is 1. The highest BCUT2D eigenvalue weighted by Crippen LogP contribution is 2.22. The number of rotatable bonds is 16. The van der Waals surface area contributed by atoms with Crippen molar-refractivity contribution in [2.75, 3.05) is 13.2 Å². The van der Waals surface area contributed by atoms with Gasteiger partial charge >= 0.3 is 0 Å². The molecule has 5 heteroatoms. The molecule has 0 aliphatic carbocycles. The van der Waals surface area contributed by atoms with Gasteiger partial charge in [0.05, 0.1) is 17.6 Å². The summed E-state index contributed by atoms with van der Waals surface area (Å²) in [6, 6.07) is 27.1. The number of benzene rings is 3. The molecule has 0 saturated carbocycles. The third kappa shape index (κ3) is 8.71. The van der Waals surface area contributed by atoms with Crippen LogP contribution in [0, 0.1) is 0 Å². The van der Waals surface area contributed by atoms with Gasteiger partial charge in [-0.05, 0) is 73.4 Å². The van der Waals surface area contributed by atoms with Crippen molar-refractivity contribution in [3.8, 4) is 5.75 Å². The molecule has 1 heterocycles. The molecule has 0 aliphatic heterocycles. The topological polar surface area (TPSA) is 56.1 Å². The number of hydrogen-bond donors (Lipinski definition) is 1. The maximum atomic E-state index is 12.2. The molecular weight excluding hydrogens is 482 g/mol. The smallest absolute Gasteiger partial charge is 0.220 e. The number of ether oxygens (including phenoxy) is 1. The summed E-state index contributed by atoms with van der Waals surface area (Å²) in [4.78, 5) is 17.1. The summed E-state index contributed by atoms with van der Waals surface area (Å²) < 4.78 is 8.40. The van der Waals surface area contributed by atoms with Gasteiger partial charge in [-0.25, -0.2) is 4.98 Å². The van der Waals surface area contributed by atoms with Crippen LogP contribution in [0.5, 0.6) is 5.75 Å². The first-order chi connectivity index (χ1) is 19.1. The van der Waals surface area contributed by atoms with Crippen LogP contribution in [0.2, 0.25) is 0 Å². The van der Waals surface area contributed by atoms with Gasteiger partial charge in [-0.3, -0.25) is 4.79 Å². The lowest BCUT2D eigenvalue weighted by molar-refractivity contribution is -0.121. The Hall–Kier alpha value is -3.60. The summed E-state index contributed by atoms with van der Waals surface area (Å²) in [6.45, 7) is 6.78. The summed E-state index contributed by atoms with van der Waals surface area (Å²) in [5, 5.41) is 3.07. The molecule has 1 atom stereocenters. The Labute approximate surface area is 233 Å². The second kappa shape index (κ2) is 15.1. The van der Waals surface area contributed by atoms with Crippen LogP contribution in [0.25, 0.3) is 11.0 Å². The van der Waals surface area contributed by atoms with Crippen molar-refractivity contribution in [1.29, 1.82) is 0 Å². The van der Waals surface area contributed by atoms with Crippen LogP contribution in [0.1, 0.15) is 75.2 Å². The van der Waals surface area contributed by atoms with Crippen LogP contribution in [-0.4, -0.2) is 28.6 Å². The van der Waals surface area contributed by atoms with Gasteiger partial charge in [0.15, 0.2) is 0 Å². The number of carbonyl (C=O) groups excluding carboxylic acids is 1. The molecule has 4 aromatic rings. The minimum Gasteiger partial charge on any atom is -0.494 e. The summed E-state index contributed by atoms with van der Waals surface area (Å²) in [5.41, 5.74) is 4.82. The van der Waals surface area contributed by atoms with Crippen molar-refractivity contribution in [2.24, 2.45) is 0 Å². The average molecular weight is 526 g/mol. The lowest BCUT2D eigenvalue weighted by atomic mass is 9.99. The SMILES string of the molecule is CCC(C)c1ccc(OCCCn2c(CCCCCNC(=O)CCc3ccccc3)nc3ccccc32)cc1. The molecule has 0 saturated heterocycles. The molecule has 0 radical (unpaired) electrons. The van der Waals surface area contributed by atoms with E-state index in [1.165, 1.54) is 16.6 Å². The van der Waals surface area contributed by atoms with Crippen LogP contribution in [0.15, 0.2) is 78.9 Å². The Bertz CT molecular complexity index is 1280. The van der Waals surface area contributed by atoms with Gasteiger partial charge in [0.25, 0.3) is 0 Å². The van der Waals surface area contributed by atoms with E-state index < -0.39 is 0 Å². The normalized spacial score (nSPS) is 11.9. The lowest BCUT2D eigenvalue weighted by Crippen LogP contribution is -2.24. The predicted octanol–water partition coefficient (Wildman–Crippen LogP) is 7.48. The third-order valence-corrected chi connectivity index (χ3v) is 7.47. The molecule has 1 unspecified atom stereocenters. The van der Waals surface area contributed by atoms with Crippen molar-refractivity contribution in [3.05, 3.63) is 95.8 Å². The summed E-state index contributed by atoms with van der Waals surface area (Å²) in [7, 11) is 0. The van der Waals surface area contributed by atoms with Gasteiger partial charge in [-0.2, -0.15) is 0 Å². The van der Waals surface area contributed by atoms with Gasteiger partial charge in [-0.15, -0.1) is 0 Å². The number of aromatic nitrogens is 2. The highest BCUT2D eigenvalue weighted by atomic mass is 16.5. The average Bonchev–Trinajstić information content (AvgIpc) is 3.33. The van der Waals surface area contributed by atoms with E-state index in [4.69, 9.17) is 9.72 Å². The van der Waals surface area contributed by atoms with Crippen LogP contribution in [0.3, 0.4) is 0 Å². The van der Waals surface area contributed by atoms with E-state index >= 15 is 0 Å². The van der Waals surface area contributed by atoms with Crippen LogP contribution >= 0.6 is 0 Å². The van der Waals surface area contributed by atoms with E-state index in [0.29, 0.717) is 18.9 Å². The van der Waals surface area contributed by atoms with Crippen LogP contribution in [0.4, 0.5) is 0 Å². The quantitative estimate of drug-likeness (QED) is 0.154. The van der Waals surface area contributed by atoms with E-state index in [0.717, 1.165) is 75.1 Å². The number of nitrogens with one attached hydrogen (secondary N) is 1. The molecule has 0 spiro atoms. The summed E-state index contributed by atoms with van der Waals surface area (Å²) in [5.74, 6) is 2.79. The Kier molecular flexibility index (Phi) is 11.0. The maximum absolute atomic E-state index is 12.2. The molecule has 3 aromatic carbocycles. The van der Waals surface area contributed by atoms with Crippen molar-refractivity contribution in [2.45, 2.75) is 77.7 Å². The van der Waals surface area contributed by atoms with E-state index in [1.54, 1.807) is 0 Å². The van der Waals surface area contributed by atoms with E-state index in [-0.39, 0.29) is 5.91 Å². The zero-order valence-corrected chi connectivity index (χ0v) is 23.6. The Morgan fingerprint density at radius 1 is 0.897 bits per heavy atom. The Morgan fingerprint density at radius 3 is 2.46 bits per heavy atom.